The van der Waals surface area contributed by atoms with Crippen LogP contribution in [0.3, 0.4) is 0 Å². The Labute approximate surface area is 146 Å². The van der Waals surface area contributed by atoms with Crippen molar-refractivity contribution in [1.82, 2.24) is 9.97 Å². The Morgan fingerprint density at radius 3 is 2.61 bits per heavy atom. The van der Waals surface area contributed by atoms with Crippen LogP contribution in [-0.2, 0) is 0 Å². The van der Waals surface area contributed by atoms with E-state index in [2.05, 4.69) is 49.5 Å². The lowest BCUT2D eigenvalue weighted by atomic mass is 10.1. The topological polar surface area (TPSA) is 49.8 Å². The summed E-state index contributed by atoms with van der Waals surface area (Å²) in [5, 5.41) is 6.85. The largest absolute Gasteiger partial charge is 0.367 e. The van der Waals surface area contributed by atoms with Crippen LogP contribution in [0.2, 0.25) is 0 Å². The smallest absolute Gasteiger partial charge is 0.229 e. The van der Waals surface area contributed by atoms with Gasteiger partial charge in [0.15, 0.2) is 0 Å². The van der Waals surface area contributed by atoms with E-state index in [1.54, 1.807) is 6.20 Å². The van der Waals surface area contributed by atoms with E-state index in [-0.39, 0.29) is 0 Å². The first-order valence-corrected chi connectivity index (χ1v) is 9.13. The molecule has 1 aliphatic carbocycles. The summed E-state index contributed by atoms with van der Waals surface area (Å²) in [6.45, 7) is 2.07. The zero-order chi connectivity index (χ0) is 16.1. The van der Waals surface area contributed by atoms with Crippen molar-refractivity contribution in [1.29, 1.82) is 0 Å². The van der Waals surface area contributed by atoms with E-state index in [0.717, 1.165) is 16.0 Å². The minimum absolute atomic E-state index is 0.537. The molecule has 0 unspecified atom stereocenters. The average molecular weight is 375 g/mol. The van der Waals surface area contributed by atoms with Crippen molar-refractivity contribution in [2.75, 3.05) is 10.6 Å². The molecule has 0 bridgehead atoms. The molecule has 1 aromatic carbocycles. The summed E-state index contributed by atoms with van der Waals surface area (Å²) in [7, 11) is 0. The molecule has 3 rings (SSSR count). The Morgan fingerprint density at radius 1 is 1.09 bits per heavy atom. The second kappa shape index (κ2) is 7.77. The molecule has 1 fully saturated rings. The van der Waals surface area contributed by atoms with E-state index in [4.69, 9.17) is 0 Å². The Kier molecular flexibility index (Phi) is 5.49. The number of aryl methyl sites for hydroxylation is 1. The molecule has 1 heterocycles. The fourth-order valence-electron chi connectivity index (χ4n) is 2.98. The van der Waals surface area contributed by atoms with Crippen LogP contribution in [0.25, 0.3) is 0 Å². The van der Waals surface area contributed by atoms with Gasteiger partial charge in [0.2, 0.25) is 5.95 Å². The van der Waals surface area contributed by atoms with Crippen LogP contribution in [0.4, 0.5) is 17.5 Å². The van der Waals surface area contributed by atoms with Crippen molar-refractivity contribution in [3.8, 4) is 0 Å². The van der Waals surface area contributed by atoms with Crippen LogP contribution in [0, 0.1) is 6.92 Å². The third-order valence-electron chi connectivity index (χ3n) is 4.28. The minimum atomic E-state index is 0.537. The Hall–Kier alpha value is -1.62. The highest BCUT2D eigenvalue weighted by molar-refractivity contribution is 9.10. The summed E-state index contributed by atoms with van der Waals surface area (Å²) in [6.07, 6.45) is 9.62. The van der Waals surface area contributed by atoms with Crippen molar-refractivity contribution < 1.29 is 0 Å². The molecule has 2 N–H and O–H groups in total. The van der Waals surface area contributed by atoms with Crippen LogP contribution < -0.4 is 10.6 Å². The zero-order valence-corrected chi connectivity index (χ0v) is 15.1. The molecule has 1 aromatic heterocycles. The van der Waals surface area contributed by atoms with Gasteiger partial charge in [0, 0.05) is 22.4 Å². The molecule has 0 spiro atoms. The highest BCUT2D eigenvalue weighted by atomic mass is 79.9. The minimum Gasteiger partial charge on any atom is -0.367 e. The second-order valence-corrected chi connectivity index (χ2v) is 7.04. The monoisotopic (exact) mass is 374 g/mol. The Morgan fingerprint density at radius 2 is 1.87 bits per heavy atom. The van der Waals surface area contributed by atoms with Crippen molar-refractivity contribution in [3.63, 3.8) is 0 Å². The highest BCUT2D eigenvalue weighted by Crippen LogP contribution is 2.23. The number of halogens is 1. The Bertz CT molecular complexity index is 651. The zero-order valence-electron chi connectivity index (χ0n) is 13.5. The first-order valence-electron chi connectivity index (χ1n) is 8.33. The van der Waals surface area contributed by atoms with E-state index < -0.39 is 0 Å². The molecular weight excluding hydrogens is 352 g/mol. The molecule has 4 nitrogen and oxygen atoms in total. The summed E-state index contributed by atoms with van der Waals surface area (Å²) in [5.74, 6) is 1.54. The highest BCUT2D eigenvalue weighted by Gasteiger charge is 2.12. The van der Waals surface area contributed by atoms with Crippen LogP contribution in [-0.4, -0.2) is 16.0 Å². The summed E-state index contributed by atoms with van der Waals surface area (Å²) < 4.78 is 1.10. The summed E-state index contributed by atoms with van der Waals surface area (Å²) in [4.78, 5) is 8.92. The van der Waals surface area contributed by atoms with Gasteiger partial charge in [0.05, 0.1) is 0 Å². The van der Waals surface area contributed by atoms with E-state index in [9.17, 15) is 0 Å². The normalized spacial score (nSPS) is 15.9. The summed E-state index contributed by atoms with van der Waals surface area (Å²) in [5.41, 5.74) is 2.18. The third-order valence-corrected chi connectivity index (χ3v) is 5.17. The predicted octanol–water partition coefficient (Wildman–Crippen LogP) is 5.43. The first-order chi connectivity index (χ1) is 11.2. The van der Waals surface area contributed by atoms with Gasteiger partial charge in [-0.05, 0) is 49.6 Å². The summed E-state index contributed by atoms with van der Waals surface area (Å²) in [6, 6.07) is 8.62. The fraction of sp³-hybridized carbons (Fsp3) is 0.444. The summed E-state index contributed by atoms with van der Waals surface area (Å²) >= 11 is 3.52. The van der Waals surface area contributed by atoms with E-state index in [0.29, 0.717) is 12.0 Å². The molecule has 122 valence electrons. The molecule has 0 atom stereocenters. The van der Waals surface area contributed by atoms with Crippen LogP contribution in [0.5, 0.6) is 0 Å². The SMILES string of the molecule is Cc1cc(Nc2nccc(NC3CCCCCC3)n2)ccc1Br. The maximum atomic E-state index is 4.60. The van der Waals surface area contributed by atoms with E-state index >= 15 is 0 Å². The average Bonchev–Trinajstić information content (AvgIpc) is 2.80. The molecule has 0 radical (unpaired) electrons. The lowest BCUT2D eigenvalue weighted by molar-refractivity contribution is 0.617. The maximum absolute atomic E-state index is 4.60. The molecule has 0 saturated heterocycles. The lowest BCUT2D eigenvalue weighted by Crippen LogP contribution is -2.19. The van der Waals surface area contributed by atoms with Crippen LogP contribution in [0.1, 0.15) is 44.1 Å². The van der Waals surface area contributed by atoms with Gasteiger partial charge in [-0.1, -0.05) is 41.6 Å². The number of nitrogens with zero attached hydrogens (tertiary/aromatic N) is 2. The number of hydrogen-bond donors (Lipinski definition) is 2. The fourth-order valence-corrected chi connectivity index (χ4v) is 3.23. The van der Waals surface area contributed by atoms with Gasteiger partial charge < -0.3 is 10.6 Å². The molecule has 0 amide bonds. The lowest BCUT2D eigenvalue weighted by Gasteiger charge is -2.17. The van der Waals surface area contributed by atoms with Crippen LogP contribution >= 0.6 is 15.9 Å². The number of hydrogen-bond acceptors (Lipinski definition) is 4. The molecule has 23 heavy (non-hydrogen) atoms. The Balaban J connectivity index is 1.67. The van der Waals surface area contributed by atoms with Crippen molar-refractivity contribution in [2.45, 2.75) is 51.5 Å². The second-order valence-electron chi connectivity index (χ2n) is 6.19. The molecule has 1 saturated carbocycles. The maximum Gasteiger partial charge on any atom is 0.229 e. The molecule has 5 heteroatoms. The van der Waals surface area contributed by atoms with E-state index in [1.165, 1.54) is 44.1 Å². The quantitative estimate of drug-likeness (QED) is 0.700. The first kappa shape index (κ1) is 16.2. The number of aromatic nitrogens is 2. The van der Waals surface area contributed by atoms with Gasteiger partial charge in [-0.3, -0.25) is 0 Å². The van der Waals surface area contributed by atoms with Crippen molar-refractivity contribution in [2.24, 2.45) is 0 Å². The molecule has 0 aliphatic heterocycles. The molecule has 1 aliphatic rings. The van der Waals surface area contributed by atoms with Gasteiger partial charge in [-0.25, -0.2) is 4.98 Å². The standard InChI is InChI=1S/C18H23BrN4/c1-13-12-15(8-9-16(13)19)22-18-20-11-10-17(23-18)21-14-6-4-2-3-5-7-14/h8-12,14H,2-7H2,1H3,(H2,20,21,22,23). The van der Waals surface area contributed by atoms with Gasteiger partial charge in [-0.15, -0.1) is 0 Å². The molecular formula is C18H23BrN4. The van der Waals surface area contributed by atoms with Crippen molar-refractivity contribution >= 4 is 33.4 Å². The number of anilines is 3. The van der Waals surface area contributed by atoms with Crippen molar-refractivity contribution in [3.05, 3.63) is 40.5 Å². The number of benzene rings is 1. The van der Waals surface area contributed by atoms with Crippen LogP contribution in [0.15, 0.2) is 34.9 Å². The molecule has 2 aromatic rings. The number of nitrogens with one attached hydrogen (secondary N) is 2. The predicted molar refractivity (Wildman–Crippen MR) is 99.3 cm³/mol. The number of rotatable bonds is 4. The van der Waals surface area contributed by atoms with Gasteiger partial charge in [0.1, 0.15) is 5.82 Å². The third kappa shape index (κ3) is 4.67. The van der Waals surface area contributed by atoms with Gasteiger partial charge in [-0.2, -0.15) is 4.98 Å². The van der Waals surface area contributed by atoms with E-state index in [1.807, 2.05) is 18.2 Å². The van der Waals surface area contributed by atoms with Gasteiger partial charge >= 0.3 is 0 Å². The van der Waals surface area contributed by atoms with Gasteiger partial charge in [0.25, 0.3) is 0 Å².